The van der Waals surface area contributed by atoms with E-state index >= 15 is 0 Å². The summed E-state index contributed by atoms with van der Waals surface area (Å²) in [5.74, 6) is 0. The number of aryl methyl sites for hydroxylation is 2. The molecule has 1 rings (SSSR count). The van der Waals surface area contributed by atoms with Gasteiger partial charge in [-0.25, -0.2) is 0 Å². The van der Waals surface area contributed by atoms with Gasteiger partial charge in [-0.05, 0) is 31.4 Å². The van der Waals surface area contributed by atoms with E-state index in [-0.39, 0.29) is 5.49 Å². The highest BCUT2D eigenvalue weighted by molar-refractivity contribution is 5.49. The molecule has 1 heterocycles. The Kier molecular flexibility index (Phi) is 5.75. The van der Waals surface area contributed by atoms with Crippen LogP contribution in [0.3, 0.4) is 0 Å². The average molecular weight is 251 g/mol. The van der Waals surface area contributed by atoms with Gasteiger partial charge in [-0.2, -0.15) is 4.73 Å². The molecule has 1 aromatic heterocycles. The van der Waals surface area contributed by atoms with Gasteiger partial charge in [-0.15, -0.1) is 0 Å². The molecule has 0 bridgehead atoms. The molecule has 0 amide bonds. The maximum Gasteiger partial charge on any atom is 0.184 e. The Morgan fingerprint density at radius 1 is 1.28 bits per heavy atom. The lowest BCUT2D eigenvalue weighted by molar-refractivity contribution is 0.164. The number of hydrogen-bond donors (Lipinski definition) is 3. The number of nitrogens with one attached hydrogen (secondary N) is 2. The van der Waals surface area contributed by atoms with Gasteiger partial charge >= 0.3 is 0 Å². The molecule has 0 fully saturated rings. The van der Waals surface area contributed by atoms with E-state index in [0.717, 1.165) is 35.4 Å². The number of aromatic nitrogens is 1. The van der Waals surface area contributed by atoms with Crippen LogP contribution in [0.2, 0.25) is 0 Å². The maximum absolute atomic E-state index is 9.74. The Hall–Kier alpha value is -1.45. The van der Waals surface area contributed by atoms with Crippen molar-refractivity contribution in [3.63, 3.8) is 0 Å². The van der Waals surface area contributed by atoms with E-state index in [1.54, 1.807) is 0 Å². The monoisotopic (exact) mass is 251 g/mol. The summed E-state index contributed by atoms with van der Waals surface area (Å²) in [7, 11) is 0. The third-order valence-corrected chi connectivity index (χ3v) is 3.20. The lowest BCUT2D eigenvalue weighted by Gasteiger charge is -2.14. The van der Waals surface area contributed by atoms with Crippen molar-refractivity contribution < 1.29 is 5.21 Å². The largest absolute Gasteiger partial charge is 0.427 e. The standard InChI is InChI=1S/C14H25N3O/c1-4-6-7-8-9-16-13-12(5-2)10-11(3)17(18)14(13)15/h10,15-16,18H,4-9H2,1-3H3. The Balaban J connectivity index is 2.75. The fraction of sp³-hybridized carbons (Fsp3) is 0.643. The SMILES string of the molecule is CCCCCCNc1c(CC)cc(C)n(O)c1=N. The summed E-state index contributed by atoms with van der Waals surface area (Å²) < 4.78 is 0.938. The van der Waals surface area contributed by atoms with Gasteiger partial charge in [0.25, 0.3) is 0 Å². The zero-order chi connectivity index (χ0) is 13.5. The predicted octanol–water partition coefficient (Wildman–Crippen LogP) is 3.07. The Morgan fingerprint density at radius 2 is 2.00 bits per heavy atom. The molecule has 0 aliphatic rings. The van der Waals surface area contributed by atoms with Crippen LogP contribution in [0.5, 0.6) is 0 Å². The van der Waals surface area contributed by atoms with E-state index in [2.05, 4.69) is 19.2 Å². The maximum atomic E-state index is 9.74. The van der Waals surface area contributed by atoms with E-state index in [4.69, 9.17) is 5.41 Å². The first-order valence-corrected chi connectivity index (χ1v) is 6.85. The molecule has 102 valence electrons. The second-order valence-electron chi connectivity index (χ2n) is 4.69. The third kappa shape index (κ3) is 3.52. The molecule has 0 radical (unpaired) electrons. The molecule has 0 spiro atoms. The van der Waals surface area contributed by atoms with E-state index in [9.17, 15) is 5.21 Å². The molecule has 0 aliphatic carbocycles. The molecule has 3 N–H and O–H groups in total. The van der Waals surface area contributed by atoms with E-state index < -0.39 is 0 Å². The summed E-state index contributed by atoms with van der Waals surface area (Å²) in [6.45, 7) is 6.93. The minimum atomic E-state index is 0.155. The minimum absolute atomic E-state index is 0.155. The molecule has 0 saturated heterocycles. The molecule has 0 aliphatic heterocycles. The lowest BCUT2D eigenvalue weighted by Crippen LogP contribution is -2.25. The van der Waals surface area contributed by atoms with Gasteiger partial charge in [0.15, 0.2) is 5.49 Å². The molecule has 0 unspecified atom stereocenters. The number of unbranched alkanes of at least 4 members (excludes halogenated alkanes) is 3. The minimum Gasteiger partial charge on any atom is -0.427 e. The Labute approximate surface area is 109 Å². The van der Waals surface area contributed by atoms with Crippen molar-refractivity contribution in [1.29, 1.82) is 5.41 Å². The second kappa shape index (κ2) is 7.09. The van der Waals surface area contributed by atoms with Crippen LogP contribution in [-0.4, -0.2) is 16.5 Å². The topological polar surface area (TPSA) is 61.0 Å². The average Bonchev–Trinajstić information content (AvgIpc) is 2.37. The highest BCUT2D eigenvalue weighted by Crippen LogP contribution is 2.13. The quantitative estimate of drug-likeness (QED) is 0.515. The van der Waals surface area contributed by atoms with Crippen molar-refractivity contribution in [2.45, 2.75) is 52.9 Å². The molecule has 0 aromatic carbocycles. The van der Waals surface area contributed by atoms with Gasteiger partial charge in [-0.3, -0.25) is 5.41 Å². The Morgan fingerprint density at radius 3 is 2.61 bits per heavy atom. The zero-order valence-corrected chi connectivity index (χ0v) is 11.7. The normalized spacial score (nSPS) is 10.6. The molecule has 4 nitrogen and oxygen atoms in total. The summed E-state index contributed by atoms with van der Waals surface area (Å²) in [5, 5.41) is 21.0. The molecule has 18 heavy (non-hydrogen) atoms. The van der Waals surface area contributed by atoms with Crippen LogP contribution in [0.25, 0.3) is 0 Å². The van der Waals surface area contributed by atoms with Crippen molar-refractivity contribution in [1.82, 2.24) is 4.73 Å². The number of hydrogen-bond acceptors (Lipinski definition) is 3. The smallest absolute Gasteiger partial charge is 0.184 e. The van der Waals surface area contributed by atoms with Crippen molar-refractivity contribution >= 4 is 5.69 Å². The van der Waals surface area contributed by atoms with Gasteiger partial charge in [-0.1, -0.05) is 33.1 Å². The van der Waals surface area contributed by atoms with Crippen LogP contribution < -0.4 is 10.8 Å². The van der Waals surface area contributed by atoms with Gasteiger partial charge < -0.3 is 10.5 Å². The molecule has 1 aromatic rings. The molecular formula is C14H25N3O. The number of pyridine rings is 1. The van der Waals surface area contributed by atoms with Crippen LogP contribution >= 0.6 is 0 Å². The van der Waals surface area contributed by atoms with Crippen LogP contribution in [0.15, 0.2) is 6.07 Å². The van der Waals surface area contributed by atoms with Crippen molar-refractivity contribution in [3.05, 3.63) is 22.8 Å². The number of nitrogens with zero attached hydrogens (tertiary/aromatic N) is 1. The number of rotatable bonds is 7. The van der Waals surface area contributed by atoms with E-state index in [1.807, 2.05) is 13.0 Å². The summed E-state index contributed by atoms with van der Waals surface area (Å²) in [6, 6.07) is 1.94. The van der Waals surface area contributed by atoms with Crippen LogP contribution in [0.1, 0.15) is 50.8 Å². The first kappa shape index (κ1) is 14.6. The molecule has 0 atom stereocenters. The van der Waals surface area contributed by atoms with Crippen LogP contribution in [0.4, 0.5) is 5.69 Å². The number of anilines is 1. The molecular weight excluding hydrogens is 226 g/mol. The lowest BCUT2D eigenvalue weighted by atomic mass is 10.1. The summed E-state index contributed by atoms with van der Waals surface area (Å²) in [5.41, 5.74) is 2.72. The predicted molar refractivity (Wildman–Crippen MR) is 74.2 cm³/mol. The van der Waals surface area contributed by atoms with Crippen molar-refractivity contribution in [3.8, 4) is 0 Å². The molecule has 0 saturated carbocycles. The first-order valence-electron chi connectivity index (χ1n) is 6.85. The van der Waals surface area contributed by atoms with E-state index in [1.165, 1.54) is 19.3 Å². The fourth-order valence-corrected chi connectivity index (χ4v) is 2.06. The summed E-state index contributed by atoms with van der Waals surface area (Å²) in [4.78, 5) is 0. The summed E-state index contributed by atoms with van der Waals surface area (Å²) >= 11 is 0. The van der Waals surface area contributed by atoms with Crippen LogP contribution in [0, 0.1) is 12.3 Å². The molecule has 4 heteroatoms. The van der Waals surface area contributed by atoms with Gasteiger partial charge in [0.2, 0.25) is 0 Å². The van der Waals surface area contributed by atoms with Gasteiger partial charge in [0.05, 0.1) is 11.4 Å². The van der Waals surface area contributed by atoms with Gasteiger partial charge in [0.1, 0.15) is 0 Å². The third-order valence-electron chi connectivity index (χ3n) is 3.20. The first-order chi connectivity index (χ1) is 8.61. The van der Waals surface area contributed by atoms with Crippen LogP contribution in [-0.2, 0) is 6.42 Å². The van der Waals surface area contributed by atoms with E-state index in [0.29, 0.717) is 5.69 Å². The fourth-order valence-electron chi connectivity index (χ4n) is 2.06. The van der Waals surface area contributed by atoms with Crippen molar-refractivity contribution in [2.75, 3.05) is 11.9 Å². The van der Waals surface area contributed by atoms with Gasteiger partial charge in [0, 0.05) is 6.54 Å². The summed E-state index contributed by atoms with van der Waals surface area (Å²) in [6.07, 6.45) is 5.67. The highest BCUT2D eigenvalue weighted by atomic mass is 16.5. The zero-order valence-electron chi connectivity index (χ0n) is 11.7. The highest BCUT2D eigenvalue weighted by Gasteiger charge is 2.08. The second-order valence-corrected chi connectivity index (χ2v) is 4.69. The Bertz CT molecular complexity index is 437. The van der Waals surface area contributed by atoms with Crippen molar-refractivity contribution in [2.24, 2.45) is 0 Å².